The second kappa shape index (κ2) is 6.12. The van der Waals surface area contributed by atoms with Gasteiger partial charge in [0.15, 0.2) is 0 Å². The molecule has 1 aromatic heterocycles. The number of hydrogen-bond donors (Lipinski definition) is 1. The van der Waals surface area contributed by atoms with E-state index in [4.69, 9.17) is 11.6 Å². The number of aryl methyl sites for hydroxylation is 1. The summed E-state index contributed by atoms with van der Waals surface area (Å²) in [6, 6.07) is 4.32. The number of rotatable bonds is 2. The van der Waals surface area contributed by atoms with Crippen molar-refractivity contribution >= 4 is 17.5 Å². The van der Waals surface area contributed by atoms with Gasteiger partial charge in [-0.05, 0) is 19.1 Å². The van der Waals surface area contributed by atoms with Gasteiger partial charge in [0.25, 0.3) is 5.56 Å². The molecule has 120 valence electrons. The Morgan fingerprint density at radius 2 is 2.26 bits per heavy atom. The molecule has 2 aromatic rings. The molecule has 3 rings (SSSR count). The Bertz CT molecular complexity index is 814. The molecular weight excluding hydrogens is 321 g/mol. The molecule has 7 heteroatoms. The average Bonchev–Trinajstić information content (AvgIpc) is 2.50. The number of aromatic nitrogens is 2. The summed E-state index contributed by atoms with van der Waals surface area (Å²) in [4.78, 5) is 32.9. The van der Waals surface area contributed by atoms with Gasteiger partial charge in [0.05, 0.1) is 24.2 Å². The second-order valence-electron chi connectivity index (χ2n) is 5.52. The first-order valence-electron chi connectivity index (χ1n) is 7.25. The minimum absolute atomic E-state index is 0.127. The van der Waals surface area contributed by atoms with Gasteiger partial charge in [-0.15, -0.1) is 0 Å². The molecule has 0 bridgehead atoms. The van der Waals surface area contributed by atoms with Crippen LogP contribution in [0.5, 0.6) is 0 Å². The fourth-order valence-electron chi connectivity index (χ4n) is 2.73. The zero-order valence-electron chi connectivity index (χ0n) is 12.5. The van der Waals surface area contributed by atoms with Crippen molar-refractivity contribution in [2.24, 2.45) is 0 Å². The van der Waals surface area contributed by atoms with Crippen molar-refractivity contribution in [1.82, 2.24) is 14.9 Å². The monoisotopic (exact) mass is 335 g/mol. The van der Waals surface area contributed by atoms with Gasteiger partial charge < -0.3 is 9.88 Å². The molecule has 0 saturated carbocycles. The zero-order valence-corrected chi connectivity index (χ0v) is 13.3. The van der Waals surface area contributed by atoms with E-state index in [1.165, 1.54) is 17.0 Å². The Kier molecular flexibility index (Phi) is 4.17. The minimum atomic E-state index is -0.501. The van der Waals surface area contributed by atoms with Gasteiger partial charge in [0.2, 0.25) is 5.91 Å². The third-order valence-corrected chi connectivity index (χ3v) is 4.28. The molecule has 0 atom stereocenters. The number of aromatic amines is 1. The number of halogens is 2. The van der Waals surface area contributed by atoms with Crippen molar-refractivity contribution in [1.29, 1.82) is 0 Å². The Morgan fingerprint density at radius 1 is 1.48 bits per heavy atom. The molecule has 0 unspecified atom stereocenters. The summed E-state index contributed by atoms with van der Waals surface area (Å²) in [7, 11) is 0. The minimum Gasteiger partial charge on any atom is -0.337 e. The van der Waals surface area contributed by atoms with Gasteiger partial charge >= 0.3 is 0 Å². The summed E-state index contributed by atoms with van der Waals surface area (Å²) in [5.41, 5.74) is 1.17. The van der Waals surface area contributed by atoms with Crippen LogP contribution in [0.1, 0.15) is 22.6 Å². The summed E-state index contributed by atoms with van der Waals surface area (Å²) in [5, 5.41) is 0.228. The van der Waals surface area contributed by atoms with Crippen molar-refractivity contribution in [2.75, 3.05) is 6.54 Å². The van der Waals surface area contributed by atoms with E-state index < -0.39 is 5.82 Å². The van der Waals surface area contributed by atoms with E-state index >= 15 is 0 Å². The third-order valence-electron chi connectivity index (χ3n) is 3.93. The highest BCUT2D eigenvalue weighted by Crippen LogP contribution is 2.21. The predicted molar refractivity (Wildman–Crippen MR) is 83.8 cm³/mol. The second-order valence-corrected chi connectivity index (χ2v) is 5.93. The molecule has 23 heavy (non-hydrogen) atoms. The number of carbonyl (C=O) groups excluding carboxylic acids is 1. The van der Waals surface area contributed by atoms with Gasteiger partial charge in [-0.3, -0.25) is 9.59 Å². The SMILES string of the molecule is Cc1nc2c(c(=O)[nH]1)CN(C(=O)Cc1c(F)cccc1Cl)CC2. The van der Waals surface area contributed by atoms with Crippen LogP contribution in [0.4, 0.5) is 4.39 Å². The Balaban J connectivity index is 1.81. The van der Waals surface area contributed by atoms with Crippen LogP contribution in [-0.2, 0) is 24.2 Å². The van der Waals surface area contributed by atoms with Gasteiger partial charge in [0.1, 0.15) is 11.6 Å². The lowest BCUT2D eigenvalue weighted by Gasteiger charge is -2.28. The molecule has 1 aromatic carbocycles. The maximum absolute atomic E-state index is 13.8. The summed E-state index contributed by atoms with van der Waals surface area (Å²) in [6.07, 6.45) is 0.384. The summed E-state index contributed by atoms with van der Waals surface area (Å²) in [5.74, 6) is -0.201. The van der Waals surface area contributed by atoms with Crippen LogP contribution < -0.4 is 5.56 Å². The highest BCUT2D eigenvalue weighted by Gasteiger charge is 2.25. The fourth-order valence-corrected chi connectivity index (χ4v) is 2.96. The molecule has 0 aliphatic carbocycles. The van der Waals surface area contributed by atoms with Gasteiger partial charge in [0, 0.05) is 23.6 Å². The van der Waals surface area contributed by atoms with Crippen molar-refractivity contribution in [2.45, 2.75) is 26.3 Å². The van der Waals surface area contributed by atoms with Crippen LogP contribution in [0.15, 0.2) is 23.0 Å². The third kappa shape index (κ3) is 3.12. The van der Waals surface area contributed by atoms with Crippen LogP contribution in [0.3, 0.4) is 0 Å². The molecule has 1 amide bonds. The van der Waals surface area contributed by atoms with Crippen LogP contribution in [-0.4, -0.2) is 27.3 Å². The maximum Gasteiger partial charge on any atom is 0.256 e. The van der Waals surface area contributed by atoms with Crippen LogP contribution >= 0.6 is 11.6 Å². The standard InChI is InChI=1S/C16H15ClFN3O2/c1-9-19-14-5-6-21(8-11(14)16(23)20-9)15(22)7-10-12(17)3-2-4-13(10)18/h2-4H,5-8H2,1H3,(H,19,20,23). The lowest BCUT2D eigenvalue weighted by molar-refractivity contribution is -0.131. The Hall–Kier alpha value is -2.21. The highest BCUT2D eigenvalue weighted by molar-refractivity contribution is 6.31. The molecule has 1 N–H and O–H groups in total. The van der Waals surface area contributed by atoms with E-state index in [9.17, 15) is 14.0 Å². The molecular formula is C16H15ClFN3O2. The topological polar surface area (TPSA) is 66.1 Å². The van der Waals surface area contributed by atoms with Crippen molar-refractivity contribution in [3.8, 4) is 0 Å². The summed E-state index contributed by atoms with van der Waals surface area (Å²) < 4.78 is 13.8. The largest absolute Gasteiger partial charge is 0.337 e. The van der Waals surface area contributed by atoms with Crippen molar-refractivity contribution in [3.05, 3.63) is 62.0 Å². The fraction of sp³-hybridized carbons (Fsp3) is 0.312. The maximum atomic E-state index is 13.8. The van der Waals surface area contributed by atoms with Crippen molar-refractivity contribution in [3.63, 3.8) is 0 Å². The van der Waals surface area contributed by atoms with Gasteiger partial charge in [-0.25, -0.2) is 9.37 Å². The number of carbonyl (C=O) groups is 1. The number of benzene rings is 1. The number of fused-ring (bicyclic) bond motifs is 1. The first kappa shape index (κ1) is 15.7. The summed E-state index contributed by atoms with van der Waals surface area (Å²) in [6.45, 7) is 2.36. The number of H-pyrrole nitrogens is 1. The first-order chi connectivity index (χ1) is 11.0. The first-order valence-corrected chi connectivity index (χ1v) is 7.63. The molecule has 0 fully saturated rings. The van der Waals surface area contributed by atoms with E-state index in [0.29, 0.717) is 24.4 Å². The molecule has 0 saturated heterocycles. The van der Waals surface area contributed by atoms with Gasteiger partial charge in [-0.2, -0.15) is 0 Å². The van der Waals surface area contributed by atoms with Gasteiger partial charge in [-0.1, -0.05) is 17.7 Å². The number of nitrogens with zero attached hydrogens (tertiary/aromatic N) is 2. The van der Waals surface area contributed by atoms with Crippen LogP contribution in [0, 0.1) is 12.7 Å². The smallest absolute Gasteiger partial charge is 0.256 e. The quantitative estimate of drug-likeness (QED) is 0.912. The van der Waals surface area contributed by atoms with Crippen LogP contribution in [0.2, 0.25) is 5.02 Å². The molecule has 1 aliphatic rings. The predicted octanol–water partition coefficient (Wildman–Crippen LogP) is 2.00. The Labute approximate surface area is 137 Å². The van der Waals surface area contributed by atoms with Crippen LogP contribution in [0.25, 0.3) is 0 Å². The zero-order chi connectivity index (χ0) is 16.6. The molecule has 0 spiro atoms. The van der Waals surface area contributed by atoms with E-state index in [1.54, 1.807) is 13.0 Å². The number of nitrogens with one attached hydrogen (secondary N) is 1. The number of hydrogen-bond acceptors (Lipinski definition) is 3. The lowest BCUT2D eigenvalue weighted by atomic mass is 10.0. The van der Waals surface area contributed by atoms with Crippen molar-refractivity contribution < 1.29 is 9.18 Å². The molecule has 5 nitrogen and oxygen atoms in total. The van der Waals surface area contributed by atoms with E-state index in [2.05, 4.69) is 9.97 Å². The molecule has 0 radical (unpaired) electrons. The molecule has 2 heterocycles. The number of amides is 1. The molecule has 1 aliphatic heterocycles. The van der Waals surface area contributed by atoms with E-state index in [0.717, 1.165) is 5.69 Å². The van der Waals surface area contributed by atoms with E-state index in [1.807, 2.05) is 0 Å². The Morgan fingerprint density at radius 3 is 3.00 bits per heavy atom. The van der Waals surface area contributed by atoms with E-state index in [-0.39, 0.29) is 35.0 Å². The lowest BCUT2D eigenvalue weighted by Crippen LogP contribution is -2.40. The normalized spacial score (nSPS) is 13.8. The average molecular weight is 336 g/mol. The summed E-state index contributed by atoms with van der Waals surface area (Å²) >= 11 is 5.96. The highest BCUT2D eigenvalue weighted by atomic mass is 35.5.